The third-order valence-corrected chi connectivity index (χ3v) is 3.18. The van der Waals surface area contributed by atoms with Gasteiger partial charge in [-0.1, -0.05) is 24.9 Å². The smallest absolute Gasteiger partial charge is 0.150 e. The second-order valence-electron chi connectivity index (χ2n) is 4.42. The van der Waals surface area contributed by atoms with E-state index in [4.69, 9.17) is 4.52 Å². The van der Waals surface area contributed by atoms with Gasteiger partial charge in [0.25, 0.3) is 0 Å². The molecule has 1 fully saturated rings. The molecule has 3 heteroatoms. The summed E-state index contributed by atoms with van der Waals surface area (Å²) < 4.78 is 5.21. The maximum atomic E-state index is 5.21. The van der Waals surface area contributed by atoms with Gasteiger partial charge >= 0.3 is 0 Å². The molecule has 0 saturated heterocycles. The lowest BCUT2D eigenvalue weighted by Crippen LogP contribution is -2.20. The van der Waals surface area contributed by atoms with Crippen molar-refractivity contribution in [2.45, 2.75) is 45.6 Å². The van der Waals surface area contributed by atoms with E-state index < -0.39 is 0 Å². The van der Waals surface area contributed by atoms with E-state index in [1.54, 1.807) is 0 Å². The molecule has 1 saturated carbocycles. The Bertz CT molecular complexity index is 290. The molecule has 0 unspecified atom stereocenters. The Hall–Kier alpha value is -0.830. The molecule has 0 spiro atoms. The van der Waals surface area contributed by atoms with Crippen molar-refractivity contribution in [2.24, 2.45) is 5.92 Å². The lowest BCUT2D eigenvalue weighted by atomic mass is 10.1. The highest BCUT2D eigenvalue weighted by atomic mass is 16.5. The Morgan fingerprint density at radius 1 is 1.47 bits per heavy atom. The Kier molecular flexibility index (Phi) is 3.78. The maximum Gasteiger partial charge on any atom is 0.150 e. The molecule has 0 bridgehead atoms. The van der Waals surface area contributed by atoms with Crippen LogP contribution in [0.4, 0.5) is 0 Å². The van der Waals surface area contributed by atoms with Gasteiger partial charge in [-0.05, 0) is 31.7 Å². The third kappa shape index (κ3) is 3.06. The average Bonchev–Trinajstić information content (AvgIpc) is 2.88. The molecule has 0 radical (unpaired) electrons. The van der Waals surface area contributed by atoms with Crippen molar-refractivity contribution in [1.29, 1.82) is 0 Å². The molecule has 0 aliphatic heterocycles. The highest BCUT2D eigenvalue weighted by Crippen LogP contribution is 2.23. The minimum atomic E-state index is 0.823. The monoisotopic (exact) mass is 208 g/mol. The fourth-order valence-corrected chi connectivity index (χ4v) is 2.22. The Balaban J connectivity index is 1.68. The Morgan fingerprint density at radius 3 is 2.93 bits per heavy atom. The molecule has 1 N–H and O–H groups in total. The first-order valence-electron chi connectivity index (χ1n) is 6.03. The molecule has 1 aromatic rings. The van der Waals surface area contributed by atoms with E-state index in [1.165, 1.54) is 25.7 Å². The largest absolute Gasteiger partial charge is 0.360 e. The minimum Gasteiger partial charge on any atom is -0.360 e. The van der Waals surface area contributed by atoms with E-state index in [1.807, 2.05) is 6.07 Å². The van der Waals surface area contributed by atoms with E-state index in [0.29, 0.717) is 0 Å². The molecule has 2 rings (SSSR count). The molecule has 1 aliphatic carbocycles. The summed E-state index contributed by atoms with van der Waals surface area (Å²) in [7, 11) is 0. The fourth-order valence-electron chi connectivity index (χ4n) is 2.22. The van der Waals surface area contributed by atoms with Crippen LogP contribution in [0.3, 0.4) is 0 Å². The van der Waals surface area contributed by atoms with Crippen LogP contribution in [0.15, 0.2) is 10.6 Å². The summed E-state index contributed by atoms with van der Waals surface area (Å²) in [5.74, 6) is 1.85. The fraction of sp³-hybridized carbons (Fsp3) is 0.750. The van der Waals surface area contributed by atoms with Gasteiger partial charge in [-0.3, -0.25) is 0 Å². The molecule has 1 aliphatic rings. The first-order valence-corrected chi connectivity index (χ1v) is 6.03. The zero-order chi connectivity index (χ0) is 10.5. The predicted octanol–water partition coefficient (Wildman–Crippen LogP) is 2.52. The predicted molar refractivity (Wildman–Crippen MR) is 59.5 cm³/mol. The first kappa shape index (κ1) is 10.7. The molecular weight excluding hydrogens is 188 g/mol. The van der Waals surface area contributed by atoms with Crippen molar-refractivity contribution in [3.63, 3.8) is 0 Å². The van der Waals surface area contributed by atoms with Crippen LogP contribution in [0.1, 0.15) is 44.1 Å². The van der Waals surface area contributed by atoms with E-state index in [2.05, 4.69) is 17.4 Å². The second kappa shape index (κ2) is 5.31. The van der Waals surface area contributed by atoms with Gasteiger partial charge in [-0.2, -0.15) is 0 Å². The van der Waals surface area contributed by atoms with Crippen LogP contribution in [0, 0.1) is 5.92 Å². The second-order valence-corrected chi connectivity index (χ2v) is 4.42. The molecule has 0 atom stereocenters. The minimum absolute atomic E-state index is 0.823. The van der Waals surface area contributed by atoms with Crippen LogP contribution in [-0.4, -0.2) is 11.7 Å². The van der Waals surface area contributed by atoms with Crippen LogP contribution < -0.4 is 5.32 Å². The average molecular weight is 208 g/mol. The highest BCUT2D eigenvalue weighted by Gasteiger charge is 2.14. The van der Waals surface area contributed by atoms with Gasteiger partial charge in [-0.15, -0.1) is 0 Å². The van der Waals surface area contributed by atoms with Crippen molar-refractivity contribution < 1.29 is 4.52 Å². The van der Waals surface area contributed by atoms with E-state index >= 15 is 0 Å². The van der Waals surface area contributed by atoms with Crippen LogP contribution >= 0.6 is 0 Å². The van der Waals surface area contributed by atoms with Gasteiger partial charge in [-0.25, -0.2) is 0 Å². The zero-order valence-corrected chi connectivity index (χ0v) is 9.46. The lowest BCUT2D eigenvalue weighted by Gasteiger charge is -2.08. The molecule has 0 aromatic carbocycles. The van der Waals surface area contributed by atoms with Crippen LogP contribution in [0.2, 0.25) is 0 Å². The van der Waals surface area contributed by atoms with E-state index in [9.17, 15) is 0 Å². The van der Waals surface area contributed by atoms with Crippen molar-refractivity contribution >= 4 is 0 Å². The van der Waals surface area contributed by atoms with E-state index in [-0.39, 0.29) is 0 Å². The summed E-state index contributed by atoms with van der Waals surface area (Å²) >= 11 is 0. The summed E-state index contributed by atoms with van der Waals surface area (Å²) in [6.45, 7) is 4.04. The number of hydrogen-bond donors (Lipinski definition) is 1. The van der Waals surface area contributed by atoms with Crippen molar-refractivity contribution in [2.75, 3.05) is 6.54 Å². The summed E-state index contributed by atoms with van der Waals surface area (Å²) in [5, 5.41) is 7.42. The van der Waals surface area contributed by atoms with Gasteiger partial charge < -0.3 is 9.84 Å². The Labute approximate surface area is 91.2 Å². The van der Waals surface area contributed by atoms with Crippen molar-refractivity contribution in [1.82, 2.24) is 10.5 Å². The van der Waals surface area contributed by atoms with Gasteiger partial charge in [0.05, 0.1) is 12.2 Å². The van der Waals surface area contributed by atoms with Gasteiger partial charge in [0.15, 0.2) is 5.76 Å². The molecule has 0 amide bonds. The molecule has 84 valence electrons. The molecule has 1 aromatic heterocycles. The van der Waals surface area contributed by atoms with Crippen molar-refractivity contribution in [3.05, 3.63) is 17.5 Å². The molecular formula is C12H20N2O. The number of hydrogen-bond acceptors (Lipinski definition) is 3. The first-order chi connectivity index (χ1) is 7.38. The number of aromatic nitrogens is 1. The number of nitrogens with one attached hydrogen (secondary N) is 1. The standard InChI is InChI=1S/C12H20N2O/c1-2-11-7-12(15-14-11)9-13-8-10-5-3-4-6-10/h7,10,13H,2-6,8-9H2,1H3. The quantitative estimate of drug-likeness (QED) is 0.808. The van der Waals surface area contributed by atoms with Gasteiger partial charge in [0.1, 0.15) is 0 Å². The number of aryl methyl sites for hydroxylation is 1. The van der Waals surface area contributed by atoms with Crippen LogP contribution in [-0.2, 0) is 13.0 Å². The summed E-state index contributed by atoms with van der Waals surface area (Å²) in [5.41, 5.74) is 1.05. The lowest BCUT2D eigenvalue weighted by molar-refractivity contribution is 0.361. The maximum absolute atomic E-state index is 5.21. The summed E-state index contributed by atoms with van der Waals surface area (Å²) in [6, 6.07) is 2.04. The van der Waals surface area contributed by atoms with Gasteiger partial charge in [0, 0.05) is 6.07 Å². The molecule has 1 heterocycles. The number of rotatable bonds is 5. The van der Waals surface area contributed by atoms with Gasteiger partial charge in [0.2, 0.25) is 0 Å². The third-order valence-electron chi connectivity index (χ3n) is 3.18. The zero-order valence-electron chi connectivity index (χ0n) is 9.46. The van der Waals surface area contributed by atoms with Crippen LogP contribution in [0.25, 0.3) is 0 Å². The molecule has 3 nitrogen and oxygen atoms in total. The summed E-state index contributed by atoms with van der Waals surface area (Å²) in [4.78, 5) is 0. The topological polar surface area (TPSA) is 38.1 Å². The highest BCUT2D eigenvalue weighted by molar-refractivity contribution is 5.04. The summed E-state index contributed by atoms with van der Waals surface area (Å²) in [6.07, 6.45) is 6.56. The normalized spacial score (nSPS) is 17.4. The Morgan fingerprint density at radius 2 is 2.27 bits per heavy atom. The van der Waals surface area contributed by atoms with Crippen LogP contribution in [0.5, 0.6) is 0 Å². The van der Waals surface area contributed by atoms with E-state index in [0.717, 1.165) is 36.9 Å². The molecule has 15 heavy (non-hydrogen) atoms. The number of nitrogens with zero attached hydrogens (tertiary/aromatic N) is 1. The SMILES string of the molecule is CCc1cc(CNCC2CCCC2)on1. The van der Waals surface area contributed by atoms with Crippen molar-refractivity contribution in [3.8, 4) is 0 Å².